The number of likely N-dealkylation sites (tertiary alicyclic amines) is 1. The van der Waals surface area contributed by atoms with E-state index >= 15 is 0 Å². The molecule has 9 heteroatoms. The fourth-order valence-electron chi connectivity index (χ4n) is 2.14. The van der Waals surface area contributed by atoms with Gasteiger partial charge < -0.3 is 25.4 Å². The molecule has 8 nitrogen and oxygen atoms in total. The molecule has 3 rings (SSSR count). The smallest absolute Gasteiger partial charge is 0.406 e. The van der Waals surface area contributed by atoms with Gasteiger partial charge in [-0.15, -0.1) is 0 Å². The van der Waals surface area contributed by atoms with Crippen molar-refractivity contribution >= 4 is 28.4 Å². The van der Waals surface area contributed by atoms with Gasteiger partial charge in [0, 0.05) is 24.9 Å². The van der Waals surface area contributed by atoms with Crippen LogP contribution in [0.4, 0.5) is 11.5 Å². The van der Waals surface area contributed by atoms with Gasteiger partial charge in [0.05, 0.1) is 18.3 Å². The first-order chi connectivity index (χ1) is 9.63. The van der Waals surface area contributed by atoms with E-state index in [1.54, 1.807) is 11.8 Å². The van der Waals surface area contributed by atoms with Crippen LogP contribution in [0, 0.1) is 10.1 Å². The van der Waals surface area contributed by atoms with Crippen molar-refractivity contribution < 1.29 is 10.0 Å². The molecular weight excluding hydrogens is 282 g/mol. The third-order valence-corrected chi connectivity index (χ3v) is 4.14. The van der Waals surface area contributed by atoms with Crippen molar-refractivity contribution in [2.45, 2.75) is 6.04 Å². The van der Waals surface area contributed by atoms with Crippen LogP contribution in [0.2, 0.25) is 0 Å². The monoisotopic (exact) mass is 295 g/mol. The van der Waals surface area contributed by atoms with Gasteiger partial charge >= 0.3 is 5.82 Å². The number of hydrogen-bond acceptors (Lipinski definition) is 8. The Hall–Kier alpha value is -2.03. The first kappa shape index (κ1) is 13.0. The van der Waals surface area contributed by atoms with Crippen molar-refractivity contribution in [3.63, 3.8) is 0 Å². The summed E-state index contributed by atoms with van der Waals surface area (Å²) in [5, 5.41) is 24.3. The van der Waals surface area contributed by atoms with Gasteiger partial charge in [0.2, 0.25) is 5.75 Å². The van der Waals surface area contributed by atoms with Gasteiger partial charge in [-0.3, -0.25) is 4.99 Å². The summed E-state index contributed by atoms with van der Waals surface area (Å²) in [5.41, 5.74) is 0.582. The SMILES string of the molecule is O=[N+]([O-])c1ncc(NC2CN(C3=NCCS3)C2)cc1O. The summed E-state index contributed by atoms with van der Waals surface area (Å²) in [6.45, 7) is 2.56. The number of aromatic nitrogens is 1. The molecule has 0 saturated carbocycles. The average molecular weight is 295 g/mol. The Bertz CT molecular complexity index is 573. The van der Waals surface area contributed by atoms with E-state index < -0.39 is 16.5 Å². The molecule has 1 saturated heterocycles. The molecule has 3 heterocycles. The van der Waals surface area contributed by atoms with Crippen molar-refractivity contribution in [3.8, 4) is 5.75 Å². The highest BCUT2D eigenvalue weighted by atomic mass is 32.2. The summed E-state index contributed by atoms with van der Waals surface area (Å²) >= 11 is 1.76. The fourth-order valence-corrected chi connectivity index (χ4v) is 3.02. The van der Waals surface area contributed by atoms with Gasteiger partial charge in [-0.05, 0) is 9.91 Å². The first-order valence-corrected chi connectivity index (χ1v) is 7.14. The number of aromatic hydroxyl groups is 1. The lowest BCUT2D eigenvalue weighted by atomic mass is 10.1. The van der Waals surface area contributed by atoms with Crippen molar-refractivity contribution in [2.24, 2.45) is 4.99 Å². The number of nitro groups is 1. The summed E-state index contributed by atoms with van der Waals surface area (Å²) in [7, 11) is 0. The van der Waals surface area contributed by atoms with E-state index in [9.17, 15) is 15.2 Å². The van der Waals surface area contributed by atoms with E-state index in [0.717, 1.165) is 30.6 Å². The van der Waals surface area contributed by atoms with Crippen molar-refractivity contribution in [3.05, 3.63) is 22.4 Å². The molecule has 106 valence electrons. The molecule has 1 aromatic rings. The predicted molar refractivity (Wildman–Crippen MR) is 76.3 cm³/mol. The average Bonchev–Trinajstić information content (AvgIpc) is 2.86. The van der Waals surface area contributed by atoms with Crippen molar-refractivity contribution in [2.75, 3.05) is 30.7 Å². The summed E-state index contributed by atoms with van der Waals surface area (Å²) in [6.07, 6.45) is 1.36. The van der Waals surface area contributed by atoms with Gasteiger partial charge in [-0.2, -0.15) is 0 Å². The highest BCUT2D eigenvalue weighted by Crippen LogP contribution is 2.27. The Labute approximate surface area is 119 Å². The highest BCUT2D eigenvalue weighted by molar-refractivity contribution is 8.14. The van der Waals surface area contributed by atoms with Crippen LogP contribution in [0.3, 0.4) is 0 Å². The molecule has 1 fully saturated rings. The number of pyridine rings is 1. The number of hydrogen-bond donors (Lipinski definition) is 2. The minimum atomic E-state index is -0.709. The molecule has 2 aliphatic heterocycles. The van der Waals surface area contributed by atoms with Crippen LogP contribution in [-0.4, -0.2) is 56.5 Å². The molecule has 2 aliphatic rings. The number of nitrogens with zero attached hydrogens (tertiary/aromatic N) is 4. The van der Waals surface area contributed by atoms with Crippen LogP contribution in [0.15, 0.2) is 17.3 Å². The van der Waals surface area contributed by atoms with E-state index in [0.29, 0.717) is 5.69 Å². The third-order valence-electron chi connectivity index (χ3n) is 3.11. The number of aliphatic imine (C=N–C) groups is 1. The van der Waals surface area contributed by atoms with Gasteiger partial charge in [-0.25, -0.2) is 0 Å². The highest BCUT2D eigenvalue weighted by Gasteiger charge is 2.31. The second kappa shape index (κ2) is 5.16. The molecule has 20 heavy (non-hydrogen) atoms. The molecule has 0 aliphatic carbocycles. The van der Waals surface area contributed by atoms with Gasteiger partial charge in [0.15, 0.2) is 11.4 Å². The zero-order valence-electron chi connectivity index (χ0n) is 10.5. The molecular formula is C11H13N5O3S. The van der Waals surface area contributed by atoms with Crippen LogP contribution >= 0.6 is 11.8 Å². The minimum Gasteiger partial charge on any atom is -0.501 e. The summed E-state index contributed by atoms with van der Waals surface area (Å²) in [6, 6.07) is 1.57. The Morgan fingerprint density at radius 3 is 2.95 bits per heavy atom. The van der Waals surface area contributed by atoms with Crippen molar-refractivity contribution in [1.82, 2.24) is 9.88 Å². The molecule has 0 radical (unpaired) electrons. The zero-order valence-corrected chi connectivity index (χ0v) is 11.3. The fraction of sp³-hybridized carbons (Fsp3) is 0.455. The lowest BCUT2D eigenvalue weighted by molar-refractivity contribution is -0.390. The summed E-state index contributed by atoms with van der Waals surface area (Å²) in [5.74, 6) is 0.0961. The van der Waals surface area contributed by atoms with E-state index in [1.165, 1.54) is 12.3 Å². The predicted octanol–water partition coefficient (Wildman–Crippen LogP) is 0.894. The van der Waals surface area contributed by atoms with E-state index in [-0.39, 0.29) is 6.04 Å². The molecule has 0 unspecified atom stereocenters. The first-order valence-electron chi connectivity index (χ1n) is 6.15. The normalized spacial score (nSPS) is 18.6. The van der Waals surface area contributed by atoms with E-state index in [1.807, 2.05) is 0 Å². The van der Waals surface area contributed by atoms with Crippen LogP contribution in [0.1, 0.15) is 0 Å². The maximum Gasteiger partial charge on any atom is 0.406 e. The number of thioether (sulfide) groups is 1. The number of nitrogens with one attached hydrogen (secondary N) is 1. The molecule has 1 aromatic heterocycles. The molecule has 0 atom stereocenters. The Balaban J connectivity index is 1.57. The zero-order chi connectivity index (χ0) is 14.1. The quantitative estimate of drug-likeness (QED) is 0.630. The lowest BCUT2D eigenvalue weighted by Crippen LogP contribution is -2.56. The van der Waals surface area contributed by atoms with Gasteiger partial charge in [0.1, 0.15) is 0 Å². The molecule has 0 spiro atoms. The van der Waals surface area contributed by atoms with Crippen LogP contribution in [-0.2, 0) is 0 Å². The van der Waals surface area contributed by atoms with Crippen molar-refractivity contribution in [1.29, 1.82) is 0 Å². The number of anilines is 1. The second-order valence-corrected chi connectivity index (χ2v) is 5.64. The number of amidine groups is 1. The van der Waals surface area contributed by atoms with Crippen LogP contribution < -0.4 is 5.32 Å². The molecule has 0 bridgehead atoms. The topological polar surface area (TPSA) is 104 Å². The van der Waals surface area contributed by atoms with Gasteiger partial charge in [0.25, 0.3) is 0 Å². The Kier molecular flexibility index (Phi) is 3.35. The van der Waals surface area contributed by atoms with E-state index in [4.69, 9.17) is 0 Å². The maximum absolute atomic E-state index is 10.6. The van der Waals surface area contributed by atoms with E-state index in [2.05, 4.69) is 20.2 Å². The second-order valence-electron chi connectivity index (χ2n) is 4.58. The summed E-state index contributed by atoms with van der Waals surface area (Å²) < 4.78 is 0. The van der Waals surface area contributed by atoms with Crippen LogP contribution in [0.25, 0.3) is 0 Å². The number of rotatable bonds is 3. The molecule has 0 amide bonds. The molecule has 2 N–H and O–H groups in total. The largest absolute Gasteiger partial charge is 0.501 e. The minimum absolute atomic E-state index is 0.238. The Morgan fingerprint density at radius 2 is 2.35 bits per heavy atom. The standard InChI is InChI=1S/C11H13N5O3S/c17-9-3-7(4-13-10(9)16(18)19)14-8-5-15(6-8)11-12-1-2-20-11/h3-4,8,14,17H,1-2,5-6H2. The molecule has 0 aromatic carbocycles. The summed E-state index contributed by atoms with van der Waals surface area (Å²) in [4.78, 5) is 20.1. The van der Waals surface area contributed by atoms with Gasteiger partial charge in [-0.1, -0.05) is 11.8 Å². The Morgan fingerprint density at radius 1 is 1.55 bits per heavy atom. The van der Waals surface area contributed by atoms with Crippen LogP contribution in [0.5, 0.6) is 5.75 Å². The third kappa shape index (κ3) is 2.48. The lowest BCUT2D eigenvalue weighted by Gasteiger charge is -2.40. The maximum atomic E-state index is 10.6.